The van der Waals surface area contributed by atoms with Crippen LogP contribution < -0.4 is 0 Å². The maximum absolute atomic E-state index is 12.8. The number of aliphatic hydroxyl groups is 2. The van der Waals surface area contributed by atoms with E-state index in [-0.39, 0.29) is 19.1 Å². The summed E-state index contributed by atoms with van der Waals surface area (Å²) in [6, 6.07) is 8.34. The second kappa shape index (κ2) is 8.10. The van der Waals surface area contributed by atoms with Crippen LogP contribution in [0, 0.1) is 0 Å². The minimum atomic E-state index is -1.35. The van der Waals surface area contributed by atoms with Gasteiger partial charge in [0.15, 0.2) is 5.60 Å². The van der Waals surface area contributed by atoms with E-state index in [9.17, 15) is 9.90 Å². The number of nitrogens with zero attached hydrogens (tertiary/aromatic N) is 2. The Morgan fingerprint density at radius 3 is 2.54 bits per heavy atom. The van der Waals surface area contributed by atoms with E-state index in [0.717, 1.165) is 12.0 Å². The Morgan fingerprint density at radius 2 is 1.96 bits per heavy atom. The molecule has 1 aromatic carbocycles. The Labute approximate surface area is 144 Å². The van der Waals surface area contributed by atoms with Crippen molar-refractivity contribution in [3.8, 4) is 0 Å². The maximum atomic E-state index is 12.8. The third-order valence-electron chi connectivity index (χ3n) is 4.74. The monoisotopic (exact) mass is 334 g/mol. The van der Waals surface area contributed by atoms with E-state index in [1.165, 1.54) is 5.56 Å². The summed E-state index contributed by atoms with van der Waals surface area (Å²) in [4.78, 5) is 16.3. The van der Waals surface area contributed by atoms with Crippen LogP contribution >= 0.6 is 0 Å². The molecule has 0 bridgehead atoms. The largest absolute Gasteiger partial charge is 0.395 e. The first-order chi connectivity index (χ1) is 11.4. The topological polar surface area (TPSA) is 64.0 Å². The normalized spacial score (nSPS) is 21.8. The summed E-state index contributed by atoms with van der Waals surface area (Å²) in [6.07, 6.45) is 1.27. The number of likely N-dealkylation sites (tertiary alicyclic amines) is 1. The number of rotatable bonds is 7. The number of carbonyl (C=O) groups excluding carboxylic acids is 1. The molecule has 24 heavy (non-hydrogen) atoms. The van der Waals surface area contributed by atoms with E-state index < -0.39 is 5.60 Å². The maximum Gasteiger partial charge on any atom is 0.256 e. The highest BCUT2D eigenvalue weighted by atomic mass is 16.3. The van der Waals surface area contributed by atoms with Gasteiger partial charge in [0.2, 0.25) is 0 Å². The molecular weight excluding hydrogens is 304 g/mol. The van der Waals surface area contributed by atoms with Crippen molar-refractivity contribution in [1.29, 1.82) is 0 Å². The van der Waals surface area contributed by atoms with Crippen molar-refractivity contribution in [2.45, 2.75) is 44.8 Å². The van der Waals surface area contributed by atoms with Gasteiger partial charge in [0.05, 0.1) is 6.61 Å². The molecule has 5 heteroatoms. The van der Waals surface area contributed by atoms with Gasteiger partial charge >= 0.3 is 0 Å². The van der Waals surface area contributed by atoms with Crippen molar-refractivity contribution >= 4 is 5.91 Å². The molecule has 1 fully saturated rings. The lowest BCUT2D eigenvalue weighted by Crippen LogP contribution is -2.58. The van der Waals surface area contributed by atoms with E-state index >= 15 is 0 Å². The molecule has 1 aromatic rings. The lowest BCUT2D eigenvalue weighted by Gasteiger charge is -2.40. The summed E-state index contributed by atoms with van der Waals surface area (Å²) in [6.45, 7) is 6.26. The van der Waals surface area contributed by atoms with E-state index in [4.69, 9.17) is 5.11 Å². The van der Waals surface area contributed by atoms with Crippen molar-refractivity contribution < 1.29 is 15.0 Å². The Kier molecular flexibility index (Phi) is 6.38. The van der Waals surface area contributed by atoms with Gasteiger partial charge in [-0.15, -0.1) is 0 Å². The van der Waals surface area contributed by atoms with Crippen LogP contribution in [0.5, 0.6) is 0 Å². The Bertz CT molecular complexity index is 544. The van der Waals surface area contributed by atoms with Crippen LogP contribution in [0.2, 0.25) is 0 Å². The molecule has 0 spiro atoms. The molecule has 1 unspecified atom stereocenters. The van der Waals surface area contributed by atoms with E-state index in [0.29, 0.717) is 32.0 Å². The molecule has 1 atom stereocenters. The molecule has 0 radical (unpaired) electrons. The van der Waals surface area contributed by atoms with Crippen molar-refractivity contribution in [3.63, 3.8) is 0 Å². The van der Waals surface area contributed by atoms with Gasteiger partial charge in [0.25, 0.3) is 5.91 Å². The fourth-order valence-electron chi connectivity index (χ4n) is 3.29. The predicted octanol–water partition coefficient (Wildman–Crippen LogP) is 1.59. The molecule has 1 saturated heterocycles. The van der Waals surface area contributed by atoms with Gasteiger partial charge in [-0.1, -0.05) is 38.1 Å². The third kappa shape index (κ3) is 4.56. The number of carbonyl (C=O) groups is 1. The molecule has 1 amide bonds. The van der Waals surface area contributed by atoms with Crippen LogP contribution in [0.3, 0.4) is 0 Å². The van der Waals surface area contributed by atoms with Crippen molar-refractivity contribution in [3.05, 3.63) is 35.4 Å². The minimum absolute atomic E-state index is 0.0205. The fraction of sp³-hybridized carbons (Fsp3) is 0.632. The molecule has 0 saturated carbocycles. The first-order valence-corrected chi connectivity index (χ1v) is 8.76. The first-order valence-electron chi connectivity index (χ1n) is 8.76. The number of hydrogen-bond acceptors (Lipinski definition) is 4. The number of benzene rings is 1. The van der Waals surface area contributed by atoms with E-state index in [2.05, 4.69) is 38.1 Å². The van der Waals surface area contributed by atoms with Crippen LogP contribution in [0.15, 0.2) is 24.3 Å². The van der Waals surface area contributed by atoms with Gasteiger partial charge in [-0.3, -0.25) is 4.79 Å². The second-order valence-corrected chi connectivity index (χ2v) is 7.22. The molecule has 5 nitrogen and oxygen atoms in total. The number of aliphatic hydroxyl groups excluding tert-OH is 1. The molecule has 1 aliphatic rings. The number of hydrogen-bond donors (Lipinski definition) is 2. The van der Waals surface area contributed by atoms with Crippen molar-refractivity contribution in [2.75, 3.05) is 33.3 Å². The summed E-state index contributed by atoms with van der Waals surface area (Å²) >= 11 is 0. The van der Waals surface area contributed by atoms with Crippen LogP contribution in [0.4, 0.5) is 0 Å². The summed E-state index contributed by atoms with van der Waals surface area (Å²) in [5, 5.41) is 19.8. The highest BCUT2D eigenvalue weighted by Gasteiger charge is 2.42. The molecule has 0 aromatic heterocycles. The van der Waals surface area contributed by atoms with Crippen molar-refractivity contribution in [1.82, 2.24) is 9.80 Å². The van der Waals surface area contributed by atoms with Crippen LogP contribution in [0.1, 0.15) is 43.7 Å². The summed E-state index contributed by atoms with van der Waals surface area (Å²) in [7, 11) is 1.81. The average Bonchev–Trinajstić information content (AvgIpc) is 2.52. The minimum Gasteiger partial charge on any atom is -0.395 e. The zero-order chi connectivity index (χ0) is 17.7. The van der Waals surface area contributed by atoms with Gasteiger partial charge in [0, 0.05) is 26.2 Å². The molecule has 0 aliphatic carbocycles. The zero-order valence-corrected chi connectivity index (χ0v) is 15.0. The average molecular weight is 334 g/mol. The molecular formula is C19H30N2O3. The quantitative estimate of drug-likeness (QED) is 0.795. The molecule has 2 N–H and O–H groups in total. The Morgan fingerprint density at radius 1 is 1.29 bits per heavy atom. The van der Waals surface area contributed by atoms with E-state index in [1.54, 1.807) is 9.80 Å². The molecule has 2 rings (SSSR count). The standard InChI is InChI=1S/C19H30N2O3/c1-15(2)17-7-5-16(6-8-17)13-21-10-4-9-19(24,18(21)23)14-20(3)11-12-22/h5-8,15,22,24H,4,9-14H2,1-3H3. The van der Waals surface area contributed by atoms with Gasteiger partial charge in [0.1, 0.15) is 0 Å². The number of likely N-dealkylation sites (N-methyl/N-ethyl adjacent to an activating group) is 1. The van der Waals surface area contributed by atoms with Gasteiger partial charge in [-0.2, -0.15) is 0 Å². The smallest absolute Gasteiger partial charge is 0.256 e. The van der Waals surface area contributed by atoms with Gasteiger partial charge in [-0.25, -0.2) is 0 Å². The van der Waals surface area contributed by atoms with Crippen LogP contribution in [-0.2, 0) is 11.3 Å². The molecule has 1 aliphatic heterocycles. The Hall–Kier alpha value is -1.43. The van der Waals surface area contributed by atoms with Gasteiger partial charge < -0.3 is 20.0 Å². The zero-order valence-electron chi connectivity index (χ0n) is 15.0. The third-order valence-corrected chi connectivity index (χ3v) is 4.74. The summed E-state index contributed by atoms with van der Waals surface area (Å²) < 4.78 is 0. The molecule has 134 valence electrons. The van der Waals surface area contributed by atoms with Crippen molar-refractivity contribution in [2.24, 2.45) is 0 Å². The Balaban J connectivity index is 2.03. The van der Waals surface area contributed by atoms with Crippen LogP contribution in [0.25, 0.3) is 0 Å². The molecule has 1 heterocycles. The lowest BCUT2D eigenvalue weighted by atomic mass is 9.90. The highest BCUT2D eigenvalue weighted by molar-refractivity contribution is 5.86. The summed E-state index contributed by atoms with van der Waals surface area (Å²) in [5.74, 6) is 0.286. The second-order valence-electron chi connectivity index (χ2n) is 7.22. The highest BCUT2D eigenvalue weighted by Crippen LogP contribution is 2.25. The fourth-order valence-corrected chi connectivity index (χ4v) is 3.29. The number of piperidine rings is 1. The van der Waals surface area contributed by atoms with E-state index in [1.807, 2.05) is 7.05 Å². The SMILES string of the molecule is CC(C)c1ccc(CN2CCCC(O)(CN(C)CCO)C2=O)cc1. The first kappa shape index (κ1) is 18.9. The number of amides is 1. The predicted molar refractivity (Wildman–Crippen MR) is 94.7 cm³/mol. The van der Waals surface area contributed by atoms with Gasteiger partial charge in [-0.05, 0) is 36.9 Å². The van der Waals surface area contributed by atoms with Crippen LogP contribution in [-0.4, -0.2) is 64.8 Å². The summed E-state index contributed by atoms with van der Waals surface area (Å²) in [5.41, 5.74) is 1.02. The lowest BCUT2D eigenvalue weighted by molar-refractivity contribution is -0.160.